The van der Waals surface area contributed by atoms with Crippen LogP contribution in [-0.2, 0) is 0 Å². The summed E-state index contributed by atoms with van der Waals surface area (Å²) in [5, 5.41) is 8.89. The highest BCUT2D eigenvalue weighted by molar-refractivity contribution is 6.32. The number of rotatable bonds is 2. The van der Waals surface area contributed by atoms with Crippen molar-refractivity contribution in [3.05, 3.63) is 52.6 Å². The number of pyridine rings is 1. The number of halogens is 2. The van der Waals surface area contributed by atoms with Crippen molar-refractivity contribution in [1.29, 1.82) is 0 Å². The number of carboxylic acids is 1. The third-order valence-corrected chi connectivity index (χ3v) is 2.86. The van der Waals surface area contributed by atoms with E-state index >= 15 is 0 Å². The molecule has 92 valence electrons. The van der Waals surface area contributed by atoms with Crippen LogP contribution in [0.3, 0.4) is 0 Å². The van der Waals surface area contributed by atoms with Crippen LogP contribution in [0.25, 0.3) is 11.1 Å². The van der Waals surface area contributed by atoms with Gasteiger partial charge < -0.3 is 5.11 Å². The average Bonchev–Trinajstić information content (AvgIpc) is 2.33. The summed E-state index contributed by atoms with van der Waals surface area (Å²) >= 11 is 5.68. The maximum atomic E-state index is 13.2. The molecular formula is C13H9ClFNO2. The Bertz CT molecular complexity index is 628. The second-order valence-corrected chi connectivity index (χ2v) is 4.19. The van der Waals surface area contributed by atoms with Crippen LogP contribution in [0.2, 0.25) is 5.15 Å². The lowest BCUT2D eigenvalue weighted by atomic mass is 10.0. The summed E-state index contributed by atoms with van der Waals surface area (Å²) in [5.74, 6) is -1.45. The molecule has 0 radical (unpaired) electrons. The lowest BCUT2D eigenvalue weighted by Crippen LogP contribution is -1.99. The normalized spacial score (nSPS) is 10.4. The van der Waals surface area contributed by atoms with E-state index < -0.39 is 5.97 Å². The molecule has 0 spiro atoms. The van der Waals surface area contributed by atoms with Gasteiger partial charge in [0.05, 0.1) is 5.56 Å². The molecule has 1 aromatic carbocycles. The molecule has 0 atom stereocenters. The third-order valence-electron chi connectivity index (χ3n) is 2.56. The Hall–Kier alpha value is -1.94. The van der Waals surface area contributed by atoms with E-state index in [1.807, 2.05) is 0 Å². The molecule has 1 aromatic heterocycles. The molecular weight excluding hydrogens is 257 g/mol. The van der Waals surface area contributed by atoms with E-state index in [-0.39, 0.29) is 16.5 Å². The highest BCUT2D eigenvalue weighted by Gasteiger charge is 2.12. The molecule has 18 heavy (non-hydrogen) atoms. The SMILES string of the molecule is Cc1cc(-c2cnc(Cl)c(C(=O)O)c2)ccc1F. The van der Waals surface area contributed by atoms with Gasteiger partial charge in [-0.25, -0.2) is 14.2 Å². The first-order valence-corrected chi connectivity index (χ1v) is 5.52. The number of aryl methyl sites for hydroxylation is 1. The number of aromatic nitrogens is 1. The molecule has 1 N–H and O–H groups in total. The van der Waals surface area contributed by atoms with E-state index in [1.54, 1.807) is 19.1 Å². The fourth-order valence-corrected chi connectivity index (χ4v) is 1.76. The largest absolute Gasteiger partial charge is 0.478 e. The molecule has 5 heteroatoms. The minimum Gasteiger partial charge on any atom is -0.478 e. The molecule has 1 heterocycles. The zero-order valence-corrected chi connectivity index (χ0v) is 10.2. The summed E-state index contributed by atoms with van der Waals surface area (Å²) in [6.45, 7) is 1.64. The number of nitrogens with zero attached hydrogens (tertiary/aromatic N) is 1. The van der Waals surface area contributed by atoms with Crippen molar-refractivity contribution in [2.75, 3.05) is 0 Å². The zero-order valence-electron chi connectivity index (χ0n) is 9.45. The first-order chi connectivity index (χ1) is 8.49. The van der Waals surface area contributed by atoms with E-state index in [9.17, 15) is 9.18 Å². The molecule has 0 aliphatic carbocycles. The summed E-state index contributed by atoms with van der Waals surface area (Å²) < 4.78 is 13.2. The van der Waals surface area contributed by atoms with Gasteiger partial charge in [-0.2, -0.15) is 0 Å². The van der Waals surface area contributed by atoms with E-state index in [1.165, 1.54) is 18.3 Å². The molecule has 0 saturated heterocycles. The molecule has 3 nitrogen and oxygen atoms in total. The molecule has 2 aromatic rings. The molecule has 0 saturated carbocycles. The fourth-order valence-electron chi connectivity index (χ4n) is 1.58. The molecule has 0 aliphatic heterocycles. The minimum absolute atomic E-state index is 0.0647. The van der Waals surface area contributed by atoms with Crippen LogP contribution in [0, 0.1) is 12.7 Å². The Balaban J connectivity index is 2.54. The number of hydrogen-bond acceptors (Lipinski definition) is 2. The average molecular weight is 266 g/mol. The maximum Gasteiger partial charge on any atom is 0.338 e. The minimum atomic E-state index is -1.15. The van der Waals surface area contributed by atoms with E-state index in [0.29, 0.717) is 16.7 Å². The van der Waals surface area contributed by atoms with Gasteiger partial charge in [0, 0.05) is 11.8 Å². The number of aromatic carboxylic acids is 1. The Kier molecular flexibility index (Phi) is 3.30. The summed E-state index contributed by atoms with van der Waals surface area (Å²) in [4.78, 5) is 14.8. The summed E-state index contributed by atoms with van der Waals surface area (Å²) in [6.07, 6.45) is 1.46. The molecule has 0 bridgehead atoms. The van der Waals surface area contributed by atoms with Gasteiger partial charge in [0.2, 0.25) is 0 Å². The maximum absolute atomic E-state index is 13.2. The van der Waals surface area contributed by atoms with Crippen molar-refractivity contribution < 1.29 is 14.3 Å². The predicted molar refractivity (Wildman–Crippen MR) is 66.3 cm³/mol. The quantitative estimate of drug-likeness (QED) is 0.845. The smallest absolute Gasteiger partial charge is 0.338 e. The van der Waals surface area contributed by atoms with Crippen molar-refractivity contribution in [2.24, 2.45) is 0 Å². The van der Waals surface area contributed by atoms with E-state index in [4.69, 9.17) is 16.7 Å². The van der Waals surface area contributed by atoms with Crippen LogP contribution < -0.4 is 0 Å². The number of carboxylic acid groups (broad SMARTS) is 1. The summed E-state index contributed by atoms with van der Waals surface area (Å²) in [5.41, 5.74) is 1.69. The van der Waals surface area contributed by atoms with Gasteiger partial charge in [0.1, 0.15) is 11.0 Å². The third kappa shape index (κ3) is 2.33. The van der Waals surface area contributed by atoms with Crippen LogP contribution in [0.5, 0.6) is 0 Å². The van der Waals surface area contributed by atoms with Gasteiger partial charge in [-0.1, -0.05) is 17.7 Å². The van der Waals surface area contributed by atoms with Gasteiger partial charge >= 0.3 is 5.97 Å². The Morgan fingerprint density at radius 1 is 1.33 bits per heavy atom. The van der Waals surface area contributed by atoms with Gasteiger partial charge in [0.25, 0.3) is 0 Å². The lowest BCUT2D eigenvalue weighted by Gasteiger charge is -2.05. The van der Waals surface area contributed by atoms with E-state index in [0.717, 1.165) is 0 Å². The van der Waals surface area contributed by atoms with Gasteiger partial charge in [-0.3, -0.25) is 0 Å². The lowest BCUT2D eigenvalue weighted by molar-refractivity contribution is 0.0696. The highest BCUT2D eigenvalue weighted by Crippen LogP contribution is 2.24. The first-order valence-electron chi connectivity index (χ1n) is 5.14. The summed E-state index contributed by atoms with van der Waals surface area (Å²) in [7, 11) is 0. The van der Waals surface area contributed by atoms with E-state index in [2.05, 4.69) is 4.98 Å². The molecule has 0 aliphatic rings. The van der Waals surface area contributed by atoms with Gasteiger partial charge in [0.15, 0.2) is 0 Å². The number of carbonyl (C=O) groups is 1. The Morgan fingerprint density at radius 3 is 2.67 bits per heavy atom. The molecule has 0 unspecified atom stereocenters. The number of benzene rings is 1. The van der Waals surface area contributed by atoms with Crippen LogP contribution >= 0.6 is 11.6 Å². The van der Waals surface area contributed by atoms with Crippen molar-refractivity contribution in [3.8, 4) is 11.1 Å². The Morgan fingerprint density at radius 2 is 2.06 bits per heavy atom. The van der Waals surface area contributed by atoms with Crippen LogP contribution in [0.4, 0.5) is 4.39 Å². The van der Waals surface area contributed by atoms with Crippen LogP contribution in [-0.4, -0.2) is 16.1 Å². The molecule has 0 fully saturated rings. The summed E-state index contributed by atoms with van der Waals surface area (Å²) in [6, 6.07) is 5.95. The monoisotopic (exact) mass is 265 g/mol. The standard InChI is InChI=1S/C13H9ClFNO2/c1-7-4-8(2-3-11(7)15)9-5-10(13(17)18)12(14)16-6-9/h2-6H,1H3,(H,17,18). The van der Waals surface area contributed by atoms with Crippen LogP contribution in [0.1, 0.15) is 15.9 Å². The Labute approximate surface area is 108 Å². The highest BCUT2D eigenvalue weighted by atomic mass is 35.5. The van der Waals surface area contributed by atoms with Gasteiger partial charge in [-0.05, 0) is 36.2 Å². The van der Waals surface area contributed by atoms with Crippen molar-refractivity contribution in [2.45, 2.75) is 6.92 Å². The second-order valence-electron chi connectivity index (χ2n) is 3.83. The molecule has 2 rings (SSSR count). The van der Waals surface area contributed by atoms with Crippen LogP contribution in [0.15, 0.2) is 30.5 Å². The van der Waals surface area contributed by atoms with Crippen molar-refractivity contribution >= 4 is 17.6 Å². The second kappa shape index (κ2) is 4.74. The topological polar surface area (TPSA) is 50.2 Å². The molecule has 0 amide bonds. The first kappa shape index (κ1) is 12.5. The van der Waals surface area contributed by atoms with Crippen molar-refractivity contribution in [3.63, 3.8) is 0 Å². The predicted octanol–water partition coefficient (Wildman–Crippen LogP) is 3.55. The zero-order chi connectivity index (χ0) is 13.3. The fraction of sp³-hybridized carbons (Fsp3) is 0.0769. The number of hydrogen-bond donors (Lipinski definition) is 1. The van der Waals surface area contributed by atoms with Gasteiger partial charge in [-0.15, -0.1) is 0 Å². The van der Waals surface area contributed by atoms with Crippen molar-refractivity contribution in [1.82, 2.24) is 4.98 Å².